The lowest BCUT2D eigenvalue weighted by Gasteiger charge is -2.38. The molecule has 2 fully saturated rings. The Bertz CT molecular complexity index is 297. The van der Waals surface area contributed by atoms with Crippen LogP contribution in [0.25, 0.3) is 0 Å². The van der Waals surface area contributed by atoms with E-state index in [2.05, 4.69) is 6.92 Å². The summed E-state index contributed by atoms with van der Waals surface area (Å²) in [5, 5.41) is 0. The molecule has 1 amide bonds. The minimum atomic E-state index is -0.630. The summed E-state index contributed by atoms with van der Waals surface area (Å²) in [6.07, 6.45) is 7.08. The summed E-state index contributed by atoms with van der Waals surface area (Å²) in [5.74, 6) is 1.31. The number of carbonyl (C=O) groups is 1. The Kier molecular flexibility index (Phi) is 3.48. The number of hydrogen-bond acceptors (Lipinski definition) is 2. The van der Waals surface area contributed by atoms with Crippen LogP contribution in [0.5, 0.6) is 0 Å². The van der Waals surface area contributed by atoms with E-state index < -0.39 is 5.54 Å². The van der Waals surface area contributed by atoms with Crippen molar-refractivity contribution in [2.24, 2.45) is 17.6 Å². The molecule has 17 heavy (non-hydrogen) atoms. The van der Waals surface area contributed by atoms with Crippen LogP contribution in [0.15, 0.2) is 0 Å². The van der Waals surface area contributed by atoms with E-state index >= 15 is 0 Å². The molecule has 0 saturated heterocycles. The van der Waals surface area contributed by atoms with E-state index in [1.54, 1.807) is 0 Å². The quantitative estimate of drug-likeness (QED) is 0.819. The maximum Gasteiger partial charge on any atom is 0.242 e. The average Bonchev–Trinajstić information content (AvgIpc) is 3.11. The van der Waals surface area contributed by atoms with Crippen LogP contribution >= 0.6 is 0 Å². The molecule has 0 heterocycles. The van der Waals surface area contributed by atoms with Gasteiger partial charge in [0.05, 0.1) is 5.54 Å². The molecular formula is C14H26N2O. The molecule has 3 atom stereocenters. The van der Waals surface area contributed by atoms with Crippen molar-refractivity contribution in [3.63, 3.8) is 0 Å². The van der Waals surface area contributed by atoms with Gasteiger partial charge >= 0.3 is 0 Å². The third-order valence-corrected chi connectivity index (χ3v) is 4.66. The normalized spacial score (nSPS) is 32.9. The summed E-state index contributed by atoms with van der Waals surface area (Å²) in [7, 11) is 1.94. The number of hydrogen-bond donors (Lipinski definition) is 1. The molecule has 3 unspecified atom stereocenters. The van der Waals surface area contributed by atoms with Gasteiger partial charge < -0.3 is 10.6 Å². The Morgan fingerprint density at radius 1 is 1.29 bits per heavy atom. The number of nitrogens with zero attached hydrogens (tertiary/aromatic N) is 1. The van der Waals surface area contributed by atoms with Crippen LogP contribution in [0.1, 0.15) is 52.4 Å². The van der Waals surface area contributed by atoms with Gasteiger partial charge in [0, 0.05) is 13.1 Å². The summed E-state index contributed by atoms with van der Waals surface area (Å²) >= 11 is 0. The first kappa shape index (κ1) is 12.9. The van der Waals surface area contributed by atoms with Crippen molar-refractivity contribution in [1.82, 2.24) is 4.90 Å². The lowest BCUT2D eigenvalue weighted by molar-refractivity contribution is -0.138. The largest absolute Gasteiger partial charge is 0.341 e. The van der Waals surface area contributed by atoms with Crippen LogP contribution in [0.3, 0.4) is 0 Å². The molecule has 0 aliphatic heterocycles. The molecule has 2 aliphatic carbocycles. The molecular weight excluding hydrogens is 212 g/mol. The smallest absolute Gasteiger partial charge is 0.242 e. The highest BCUT2D eigenvalue weighted by molar-refractivity contribution is 5.86. The second-order valence-electron chi connectivity index (χ2n) is 6.40. The molecule has 0 spiro atoms. The predicted octanol–water partition coefficient (Wildman–Crippen LogP) is 2.15. The zero-order chi connectivity index (χ0) is 12.6. The van der Waals surface area contributed by atoms with E-state index in [1.165, 1.54) is 12.8 Å². The van der Waals surface area contributed by atoms with Crippen LogP contribution < -0.4 is 5.73 Å². The van der Waals surface area contributed by atoms with Gasteiger partial charge in [-0.1, -0.05) is 19.8 Å². The Balaban J connectivity index is 1.98. The molecule has 0 aromatic carbocycles. The van der Waals surface area contributed by atoms with Crippen LogP contribution in [0.4, 0.5) is 0 Å². The van der Waals surface area contributed by atoms with Crippen molar-refractivity contribution >= 4 is 5.91 Å². The van der Waals surface area contributed by atoms with Gasteiger partial charge in [-0.05, 0) is 44.4 Å². The van der Waals surface area contributed by atoms with Gasteiger partial charge in [0.2, 0.25) is 5.91 Å². The number of amides is 1. The van der Waals surface area contributed by atoms with Gasteiger partial charge in [-0.3, -0.25) is 4.79 Å². The van der Waals surface area contributed by atoms with Crippen LogP contribution in [-0.2, 0) is 4.79 Å². The third-order valence-electron chi connectivity index (χ3n) is 4.66. The standard InChI is InChI=1S/C14H26N2O/c1-10-5-4-6-12(9-10)16(3)13(17)14(2,15)11-7-8-11/h10-12H,4-9,15H2,1-3H3. The van der Waals surface area contributed by atoms with Gasteiger partial charge in [-0.15, -0.1) is 0 Å². The molecule has 3 heteroatoms. The molecule has 0 radical (unpaired) electrons. The maximum absolute atomic E-state index is 12.5. The zero-order valence-corrected chi connectivity index (χ0v) is 11.4. The Labute approximate surface area is 105 Å². The highest BCUT2D eigenvalue weighted by Gasteiger charge is 2.46. The highest BCUT2D eigenvalue weighted by Crippen LogP contribution is 2.39. The maximum atomic E-state index is 12.5. The van der Waals surface area contributed by atoms with Gasteiger partial charge in [-0.25, -0.2) is 0 Å². The van der Waals surface area contributed by atoms with E-state index in [0.29, 0.717) is 12.0 Å². The first-order valence-corrected chi connectivity index (χ1v) is 6.99. The molecule has 2 N–H and O–H groups in total. The second kappa shape index (κ2) is 4.60. The average molecular weight is 238 g/mol. The fraction of sp³-hybridized carbons (Fsp3) is 0.929. The molecule has 2 saturated carbocycles. The molecule has 0 aromatic heterocycles. The summed E-state index contributed by atoms with van der Waals surface area (Å²) in [6, 6.07) is 0.410. The third kappa shape index (κ3) is 2.65. The lowest BCUT2D eigenvalue weighted by Crippen LogP contribution is -2.56. The van der Waals surface area contributed by atoms with Crippen LogP contribution in [0.2, 0.25) is 0 Å². The molecule has 0 bridgehead atoms. The first-order valence-electron chi connectivity index (χ1n) is 6.99. The van der Waals surface area contributed by atoms with Crippen molar-refractivity contribution in [2.45, 2.75) is 64.0 Å². The van der Waals surface area contributed by atoms with E-state index in [-0.39, 0.29) is 5.91 Å². The van der Waals surface area contributed by atoms with Crippen molar-refractivity contribution in [1.29, 1.82) is 0 Å². The van der Waals surface area contributed by atoms with Gasteiger partial charge in [0.15, 0.2) is 0 Å². The van der Waals surface area contributed by atoms with Crippen molar-refractivity contribution in [2.75, 3.05) is 7.05 Å². The zero-order valence-electron chi connectivity index (χ0n) is 11.4. The van der Waals surface area contributed by atoms with E-state index in [1.807, 2.05) is 18.9 Å². The molecule has 2 rings (SSSR count). The number of likely N-dealkylation sites (N-methyl/N-ethyl adjacent to an activating group) is 1. The van der Waals surface area contributed by atoms with E-state index in [0.717, 1.165) is 31.6 Å². The van der Waals surface area contributed by atoms with Crippen molar-refractivity contribution in [3.8, 4) is 0 Å². The van der Waals surface area contributed by atoms with Gasteiger partial charge in [0.25, 0.3) is 0 Å². The second-order valence-corrected chi connectivity index (χ2v) is 6.40. The number of rotatable bonds is 3. The fourth-order valence-electron chi connectivity index (χ4n) is 3.16. The van der Waals surface area contributed by atoms with Gasteiger partial charge in [0.1, 0.15) is 0 Å². The lowest BCUT2D eigenvalue weighted by atomic mass is 9.85. The predicted molar refractivity (Wildman–Crippen MR) is 69.5 cm³/mol. The topological polar surface area (TPSA) is 46.3 Å². The summed E-state index contributed by atoms with van der Waals surface area (Å²) in [4.78, 5) is 14.4. The van der Waals surface area contributed by atoms with Crippen LogP contribution in [0, 0.1) is 11.8 Å². The Morgan fingerprint density at radius 2 is 1.94 bits per heavy atom. The highest BCUT2D eigenvalue weighted by atomic mass is 16.2. The van der Waals surface area contributed by atoms with E-state index in [9.17, 15) is 4.79 Å². The number of nitrogens with two attached hydrogens (primary N) is 1. The molecule has 0 aromatic rings. The summed E-state index contributed by atoms with van der Waals surface area (Å²) in [5.41, 5.74) is 5.59. The number of carbonyl (C=O) groups excluding carboxylic acids is 1. The van der Waals surface area contributed by atoms with Crippen LogP contribution in [-0.4, -0.2) is 29.4 Å². The van der Waals surface area contributed by atoms with Gasteiger partial charge in [-0.2, -0.15) is 0 Å². The monoisotopic (exact) mass is 238 g/mol. The minimum Gasteiger partial charge on any atom is -0.341 e. The first-order chi connectivity index (χ1) is 7.93. The molecule has 98 valence electrons. The molecule has 2 aliphatic rings. The van der Waals surface area contributed by atoms with E-state index in [4.69, 9.17) is 5.73 Å². The fourth-order valence-corrected chi connectivity index (χ4v) is 3.16. The summed E-state index contributed by atoms with van der Waals surface area (Å²) in [6.45, 7) is 4.20. The van der Waals surface area contributed by atoms with Crippen molar-refractivity contribution in [3.05, 3.63) is 0 Å². The van der Waals surface area contributed by atoms with Crippen molar-refractivity contribution < 1.29 is 4.79 Å². The summed E-state index contributed by atoms with van der Waals surface area (Å²) < 4.78 is 0. The minimum absolute atomic E-state index is 0.152. The Hall–Kier alpha value is -0.570. The Morgan fingerprint density at radius 3 is 2.47 bits per heavy atom. The molecule has 3 nitrogen and oxygen atoms in total. The SMILES string of the molecule is CC1CCCC(N(C)C(=O)C(C)(N)C2CC2)C1.